The molecule has 0 saturated heterocycles. The Morgan fingerprint density at radius 1 is 1.11 bits per heavy atom. The Morgan fingerprint density at radius 2 is 1.84 bits per heavy atom. The summed E-state index contributed by atoms with van der Waals surface area (Å²) in [7, 11) is 0. The minimum atomic E-state index is -0.671. The third-order valence-corrected chi connectivity index (χ3v) is 3.48. The molecule has 0 unspecified atom stereocenters. The number of benzene rings is 2. The lowest BCUT2D eigenvalue weighted by Gasteiger charge is -2.11. The van der Waals surface area contributed by atoms with Crippen molar-refractivity contribution in [2.75, 3.05) is 0 Å². The highest BCUT2D eigenvalue weighted by Gasteiger charge is 2.13. The highest BCUT2D eigenvalue weighted by molar-refractivity contribution is 7.80. The molecule has 0 aliphatic heterocycles. The Bertz CT molecular complexity index is 752. The van der Waals surface area contributed by atoms with E-state index in [1.165, 1.54) is 5.56 Å². The fourth-order valence-corrected chi connectivity index (χ4v) is 2.54. The molecule has 1 aromatic heterocycles. The van der Waals surface area contributed by atoms with Crippen molar-refractivity contribution < 1.29 is 4.39 Å². The molecule has 0 amide bonds. The first-order valence-electron chi connectivity index (χ1n) is 5.90. The molecule has 0 spiro atoms. The molecular weight excluding hydrogens is 261 g/mol. The number of halogens is 1. The van der Waals surface area contributed by atoms with E-state index in [-0.39, 0.29) is 5.82 Å². The lowest BCUT2D eigenvalue weighted by Crippen LogP contribution is -2.01. The smallest absolute Gasteiger partial charge is 0.192 e. The molecule has 19 heavy (non-hydrogen) atoms. The van der Waals surface area contributed by atoms with E-state index in [0.717, 1.165) is 16.5 Å². The van der Waals surface area contributed by atoms with Gasteiger partial charge in [-0.1, -0.05) is 30.3 Å². The minimum Gasteiger partial charge on any atom is -0.271 e. The third-order valence-electron chi connectivity index (χ3n) is 3.19. The predicted octanol–water partition coefficient (Wildman–Crippen LogP) is 3.49. The molecule has 2 aromatic carbocycles. The highest BCUT2D eigenvalue weighted by atomic mass is 32.1. The maximum Gasteiger partial charge on any atom is 0.192 e. The van der Waals surface area contributed by atoms with Gasteiger partial charge in [0.05, 0.1) is 5.69 Å². The van der Waals surface area contributed by atoms with Gasteiger partial charge in [-0.25, -0.2) is 4.39 Å². The lowest BCUT2D eigenvalue weighted by molar-refractivity contribution is 0.458. The largest absolute Gasteiger partial charge is 0.271 e. The fourth-order valence-electron chi connectivity index (χ4n) is 2.27. The predicted molar refractivity (Wildman–Crippen MR) is 75.7 cm³/mol. The first kappa shape index (κ1) is 12.2. The van der Waals surface area contributed by atoms with Crippen LogP contribution in [0.3, 0.4) is 0 Å². The Balaban J connectivity index is 2.37. The molecule has 0 N–H and O–H groups in total. The van der Waals surface area contributed by atoms with Crippen LogP contribution >= 0.6 is 12.6 Å². The van der Waals surface area contributed by atoms with Gasteiger partial charge in [-0.15, -0.1) is 22.8 Å². The fraction of sp³-hybridized carbons (Fsp3) is 0.143. The molecule has 0 aliphatic rings. The zero-order chi connectivity index (χ0) is 13.4. The van der Waals surface area contributed by atoms with Crippen molar-refractivity contribution in [1.29, 1.82) is 0 Å². The standard InChI is InChI=1S/C14H12FN3S/c1-9-6-7-12(11-5-3-2-4-10(9)11)18-13(8-15)16-17-14(18)19/h2-7H,8H2,1H3,(H,17,19). The Kier molecular flexibility index (Phi) is 2.98. The van der Waals surface area contributed by atoms with E-state index in [1.54, 1.807) is 4.57 Å². The monoisotopic (exact) mass is 273 g/mol. The number of hydrogen-bond donors (Lipinski definition) is 1. The molecule has 0 atom stereocenters. The Morgan fingerprint density at radius 3 is 2.58 bits per heavy atom. The SMILES string of the molecule is Cc1ccc(-n2c(S)nnc2CF)c2ccccc12. The zero-order valence-corrected chi connectivity index (χ0v) is 11.2. The zero-order valence-electron chi connectivity index (χ0n) is 10.3. The van der Waals surface area contributed by atoms with Crippen LogP contribution in [-0.2, 0) is 6.67 Å². The first-order chi connectivity index (χ1) is 9.22. The third kappa shape index (κ3) is 1.90. The van der Waals surface area contributed by atoms with Gasteiger partial charge in [0.1, 0.15) is 6.67 Å². The Labute approximate surface area is 115 Å². The van der Waals surface area contributed by atoms with Gasteiger partial charge < -0.3 is 0 Å². The highest BCUT2D eigenvalue weighted by Crippen LogP contribution is 2.27. The van der Waals surface area contributed by atoms with Gasteiger partial charge in [-0.3, -0.25) is 4.57 Å². The quantitative estimate of drug-likeness (QED) is 0.725. The maximum atomic E-state index is 13.0. The molecule has 0 bridgehead atoms. The molecule has 3 aromatic rings. The van der Waals surface area contributed by atoms with Crippen molar-refractivity contribution in [1.82, 2.24) is 14.8 Å². The molecular formula is C14H12FN3S. The number of alkyl halides is 1. The van der Waals surface area contributed by atoms with Crippen molar-refractivity contribution in [3.63, 3.8) is 0 Å². The van der Waals surface area contributed by atoms with Gasteiger partial charge in [0.15, 0.2) is 11.0 Å². The summed E-state index contributed by atoms with van der Waals surface area (Å²) < 4.78 is 14.7. The summed E-state index contributed by atoms with van der Waals surface area (Å²) in [5.74, 6) is 0.263. The molecule has 5 heteroatoms. The summed E-state index contributed by atoms with van der Waals surface area (Å²) in [4.78, 5) is 0. The minimum absolute atomic E-state index is 0.263. The number of aryl methyl sites for hydroxylation is 1. The van der Waals surface area contributed by atoms with E-state index in [2.05, 4.69) is 29.7 Å². The van der Waals surface area contributed by atoms with Gasteiger partial charge in [0.2, 0.25) is 0 Å². The van der Waals surface area contributed by atoms with Crippen LogP contribution in [0.15, 0.2) is 41.6 Å². The summed E-state index contributed by atoms with van der Waals surface area (Å²) in [6.45, 7) is 1.38. The van der Waals surface area contributed by atoms with Crippen molar-refractivity contribution in [3.05, 3.63) is 47.8 Å². The van der Waals surface area contributed by atoms with Crippen LogP contribution in [0.25, 0.3) is 16.5 Å². The maximum absolute atomic E-state index is 13.0. The summed E-state index contributed by atoms with van der Waals surface area (Å²) in [6, 6.07) is 12.0. The van der Waals surface area contributed by atoms with Crippen LogP contribution in [0.5, 0.6) is 0 Å². The van der Waals surface area contributed by atoms with Crippen LogP contribution in [0, 0.1) is 6.92 Å². The van der Waals surface area contributed by atoms with E-state index in [0.29, 0.717) is 5.16 Å². The summed E-state index contributed by atoms with van der Waals surface area (Å²) >= 11 is 4.26. The average Bonchev–Trinajstić information content (AvgIpc) is 2.81. The van der Waals surface area contributed by atoms with E-state index in [4.69, 9.17) is 0 Å². The van der Waals surface area contributed by atoms with E-state index < -0.39 is 6.67 Å². The van der Waals surface area contributed by atoms with Crippen molar-refractivity contribution in [2.45, 2.75) is 18.8 Å². The molecule has 1 heterocycles. The molecule has 0 saturated carbocycles. The molecule has 0 fully saturated rings. The summed E-state index contributed by atoms with van der Waals surface area (Å²) in [6.07, 6.45) is 0. The molecule has 3 rings (SSSR count). The van der Waals surface area contributed by atoms with Gasteiger partial charge >= 0.3 is 0 Å². The number of fused-ring (bicyclic) bond motifs is 1. The number of aromatic nitrogens is 3. The van der Waals surface area contributed by atoms with Crippen LogP contribution in [0.4, 0.5) is 4.39 Å². The molecule has 3 nitrogen and oxygen atoms in total. The normalized spacial score (nSPS) is 11.1. The summed E-state index contributed by atoms with van der Waals surface area (Å²) in [5.41, 5.74) is 2.03. The molecule has 96 valence electrons. The second-order valence-corrected chi connectivity index (χ2v) is 4.73. The average molecular weight is 273 g/mol. The van der Waals surface area contributed by atoms with E-state index in [1.807, 2.05) is 36.4 Å². The van der Waals surface area contributed by atoms with Gasteiger partial charge in [0.25, 0.3) is 0 Å². The van der Waals surface area contributed by atoms with Crippen LogP contribution in [0.2, 0.25) is 0 Å². The topological polar surface area (TPSA) is 30.7 Å². The van der Waals surface area contributed by atoms with Gasteiger partial charge in [-0.2, -0.15) is 0 Å². The van der Waals surface area contributed by atoms with Gasteiger partial charge in [0, 0.05) is 5.39 Å². The summed E-state index contributed by atoms with van der Waals surface area (Å²) in [5, 5.41) is 10.2. The number of hydrogen-bond acceptors (Lipinski definition) is 3. The van der Waals surface area contributed by atoms with Crippen molar-refractivity contribution in [2.24, 2.45) is 0 Å². The van der Waals surface area contributed by atoms with E-state index >= 15 is 0 Å². The van der Waals surface area contributed by atoms with Gasteiger partial charge in [-0.05, 0) is 23.9 Å². The second kappa shape index (κ2) is 4.66. The second-order valence-electron chi connectivity index (χ2n) is 4.33. The van der Waals surface area contributed by atoms with Crippen molar-refractivity contribution >= 4 is 23.4 Å². The van der Waals surface area contributed by atoms with Crippen LogP contribution < -0.4 is 0 Å². The number of thiol groups is 1. The van der Waals surface area contributed by atoms with Crippen molar-refractivity contribution in [3.8, 4) is 5.69 Å². The van der Waals surface area contributed by atoms with Crippen LogP contribution in [-0.4, -0.2) is 14.8 Å². The number of rotatable bonds is 2. The lowest BCUT2D eigenvalue weighted by atomic mass is 10.0. The number of nitrogens with zero attached hydrogens (tertiary/aromatic N) is 3. The molecule has 0 aliphatic carbocycles. The van der Waals surface area contributed by atoms with Crippen LogP contribution in [0.1, 0.15) is 11.4 Å². The molecule has 0 radical (unpaired) electrons. The Hall–Kier alpha value is -1.88. The van der Waals surface area contributed by atoms with E-state index in [9.17, 15) is 4.39 Å². The first-order valence-corrected chi connectivity index (χ1v) is 6.35.